The Labute approximate surface area is 260 Å². The summed E-state index contributed by atoms with van der Waals surface area (Å²) in [5, 5.41) is 0. The highest BCUT2D eigenvalue weighted by atomic mass is 35.5. The summed E-state index contributed by atoms with van der Waals surface area (Å²) in [6, 6.07) is 0. The molecule has 6 heteroatoms. The van der Waals surface area contributed by atoms with Crippen LogP contribution >= 0.6 is 12.4 Å². The van der Waals surface area contributed by atoms with Gasteiger partial charge in [0.05, 0.1) is 0 Å². The number of piperidine rings is 15. The van der Waals surface area contributed by atoms with Gasteiger partial charge in [-0.2, -0.15) is 0 Å². The van der Waals surface area contributed by atoms with E-state index in [1.165, 1.54) is 194 Å². The van der Waals surface area contributed by atoms with E-state index in [4.69, 9.17) is 0 Å². The van der Waals surface area contributed by atoms with E-state index in [2.05, 4.69) is 24.5 Å². The smallest absolute Gasteiger partial charge is 0.00161 e. The third-order valence-electron chi connectivity index (χ3n) is 12.8. The van der Waals surface area contributed by atoms with Crippen molar-refractivity contribution in [1.82, 2.24) is 24.5 Å². The van der Waals surface area contributed by atoms with Gasteiger partial charge in [-0.3, -0.25) is 0 Å². The molecule has 15 aliphatic heterocycles. The van der Waals surface area contributed by atoms with Gasteiger partial charge in [0.1, 0.15) is 0 Å². The van der Waals surface area contributed by atoms with Crippen LogP contribution in [-0.2, 0) is 0 Å². The summed E-state index contributed by atoms with van der Waals surface area (Å²) in [6.07, 6.45) is 22.3. The van der Waals surface area contributed by atoms with Crippen LogP contribution < -0.4 is 0 Å². The average Bonchev–Trinajstić information content (AvgIpc) is 3.10. The van der Waals surface area contributed by atoms with Crippen molar-refractivity contribution in [2.24, 2.45) is 29.6 Å². The molecular formula is C35H66ClN5. The summed E-state index contributed by atoms with van der Waals surface area (Å²) in [5.74, 6) is 5.56. The zero-order valence-corrected chi connectivity index (χ0v) is 27.6. The van der Waals surface area contributed by atoms with E-state index in [-0.39, 0.29) is 12.4 Å². The second kappa shape index (κ2) is 17.0. The Hall–Kier alpha value is 0.0900. The van der Waals surface area contributed by atoms with Crippen LogP contribution in [0.25, 0.3) is 0 Å². The van der Waals surface area contributed by atoms with Crippen molar-refractivity contribution in [2.45, 2.75) is 96.3 Å². The summed E-state index contributed by atoms with van der Waals surface area (Å²) in [6.45, 7) is 20.9. The van der Waals surface area contributed by atoms with Crippen LogP contribution in [0.3, 0.4) is 0 Å². The molecule has 0 aromatic carbocycles. The fourth-order valence-corrected chi connectivity index (χ4v) is 9.32. The Morgan fingerprint density at radius 2 is 0.293 bits per heavy atom. The highest BCUT2D eigenvalue weighted by Crippen LogP contribution is 2.29. The van der Waals surface area contributed by atoms with E-state index in [0.29, 0.717) is 0 Å². The van der Waals surface area contributed by atoms with Gasteiger partial charge in [-0.25, -0.2) is 0 Å². The van der Waals surface area contributed by atoms with E-state index in [1.807, 2.05) is 0 Å². The number of nitrogens with zero attached hydrogens (tertiary/aromatic N) is 5. The predicted octanol–water partition coefficient (Wildman–Crippen LogP) is 5.93. The molecule has 15 saturated heterocycles. The molecule has 0 aromatic heterocycles. The standard InChI is InChI=1S/5C7H13N.ClH/c5*1-4-8-5-2-7(1)3-6-8;/h5*7H,1-6H2;1H. The molecule has 0 aliphatic carbocycles. The van der Waals surface area contributed by atoms with Crippen molar-refractivity contribution in [3.63, 3.8) is 0 Å². The SMILES string of the molecule is C1CN2CCC1CC2.C1CN2CCC1CC2.C1CN2CCC1CC2.C1CN2CCC1CC2.C1CN2CCC1CC2.Cl. The zero-order chi connectivity index (χ0) is 27.0. The minimum atomic E-state index is 0. The maximum absolute atomic E-state index is 2.58. The molecule has 0 atom stereocenters. The van der Waals surface area contributed by atoms with Crippen LogP contribution in [0.15, 0.2) is 0 Å². The summed E-state index contributed by atoms with van der Waals surface area (Å²) in [5.41, 5.74) is 0. The van der Waals surface area contributed by atoms with Gasteiger partial charge in [-0.05, 0) is 224 Å². The van der Waals surface area contributed by atoms with Gasteiger partial charge in [0.2, 0.25) is 0 Å². The zero-order valence-electron chi connectivity index (χ0n) is 26.7. The van der Waals surface area contributed by atoms with Crippen LogP contribution in [-0.4, -0.2) is 123 Å². The third kappa shape index (κ3) is 10.3. The van der Waals surface area contributed by atoms with Crippen molar-refractivity contribution >= 4 is 12.4 Å². The summed E-state index contributed by atoms with van der Waals surface area (Å²) in [4.78, 5) is 12.9. The van der Waals surface area contributed by atoms with Crippen molar-refractivity contribution in [3.8, 4) is 0 Å². The molecule has 15 rings (SSSR count). The van der Waals surface area contributed by atoms with E-state index < -0.39 is 0 Å². The molecule has 0 N–H and O–H groups in total. The third-order valence-corrected chi connectivity index (χ3v) is 12.8. The number of hydrogen-bond acceptors (Lipinski definition) is 5. The van der Waals surface area contributed by atoms with Crippen LogP contribution in [0.2, 0.25) is 0 Å². The van der Waals surface area contributed by atoms with Crippen molar-refractivity contribution in [3.05, 3.63) is 0 Å². The first-order chi connectivity index (χ1) is 19.7. The first-order valence-electron chi connectivity index (χ1n) is 18.4. The molecule has 0 saturated carbocycles. The summed E-state index contributed by atoms with van der Waals surface area (Å²) in [7, 11) is 0. The van der Waals surface area contributed by atoms with Gasteiger partial charge in [0.15, 0.2) is 0 Å². The molecule has 10 bridgehead atoms. The topological polar surface area (TPSA) is 16.2 Å². The molecule has 15 fully saturated rings. The Kier molecular flexibility index (Phi) is 13.4. The molecule has 5 nitrogen and oxygen atoms in total. The minimum Gasteiger partial charge on any atom is -0.303 e. The van der Waals surface area contributed by atoms with Crippen LogP contribution in [0.5, 0.6) is 0 Å². The molecule has 0 amide bonds. The summed E-state index contributed by atoms with van der Waals surface area (Å²) < 4.78 is 0. The van der Waals surface area contributed by atoms with E-state index in [0.717, 1.165) is 29.6 Å². The summed E-state index contributed by atoms with van der Waals surface area (Å²) >= 11 is 0. The van der Waals surface area contributed by atoms with E-state index in [9.17, 15) is 0 Å². The molecular weight excluding hydrogens is 526 g/mol. The van der Waals surface area contributed by atoms with Gasteiger partial charge < -0.3 is 24.5 Å². The number of hydrogen-bond donors (Lipinski definition) is 0. The van der Waals surface area contributed by atoms with Crippen molar-refractivity contribution in [2.75, 3.05) is 98.2 Å². The Morgan fingerprint density at radius 1 is 0.195 bits per heavy atom. The largest absolute Gasteiger partial charge is 0.303 e. The maximum atomic E-state index is 2.58. The predicted molar refractivity (Wildman–Crippen MR) is 176 cm³/mol. The lowest BCUT2D eigenvalue weighted by atomic mass is 9.89. The minimum absolute atomic E-state index is 0. The highest BCUT2D eigenvalue weighted by Gasteiger charge is 2.27. The van der Waals surface area contributed by atoms with E-state index >= 15 is 0 Å². The number of rotatable bonds is 0. The first-order valence-corrected chi connectivity index (χ1v) is 18.4. The Balaban J connectivity index is 0.000000102. The normalized spacial score (nSPS) is 43.9. The van der Waals surface area contributed by atoms with Gasteiger partial charge >= 0.3 is 0 Å². The van der Waals surface area contributed by atoms with Gasteiger partial charge in [-0.1, -0.05) is 0 Å². The number of halogens is 1. The molecule has 41 heavy (non-hydrogen) atoms. The second-order valence-electron chi connectivity index (χ2n) is 15.4. The molecule has 238 valence electrons. The molecule has 15 aliphatic rings. The molecule has 0 spiro atoms. The van der Waals surface area contributed by atoms with Gasteiger partial charge in [0.25, 0.3) is 0 Å². The second-order valence-corrected chi connectivity index (χ2v) is 15.4. The lowest BCUT2D eigenvalue weighted by molar-refractivity contribution is 0.111. The van der Waals surface area contributed by atoms with Crippen molar-refractivity contribution in [1.29, 1.82) is 0 Å². The molecule has 0 aromatic rings. The highest BCUT2D eigenvalue weighted by molar-refractivity contribution is 5.85. The number of fused-ring (bicyclic) bond motifs is 15. The fraction of sp³-hybridized carbons (Fsp3) is 1.00. The molecule has 15 heterocycles. The maximum Gasteiger partial charge on any atom is -0.00161 e. The van der Waals surface area contributed by atoms with Crippen molar-refractivity contribution < 1.29 is 0 Å². The van der Waals surface area contributed by atoms with Crippen LogP contribution in [0, 0.1) is 29.6 Å². The Morgan fingerprint density at radius 3 is 0.317 bits per heavy atom. The Bertz CT molecular complexity index is 443. The van der Waals surface area contributed by atoms with Gasteiger partial charge in [0, 0.05) is 0 Å². The van der Waals surface area contributed by atoms with Crippen LogP contribution in [0.4, 0.5) is 0 Å². The lowest BCUT2D eigenvalue weighted by Crippen LogP contribution is -2.41. The molecule has 0 unspecified atom stereocenters. The van der Waals surface area contributed by atoms with Crippen LogP contribution in [0.1, 0.15) is 96.3 Å². The van der Waals surface area contributed by atoms with Gasteiger partial charge in [-0.15, -0.1) is 12.4 Å². The quantitative estimate of drug-likeness (QED) is 0.346. The average molecular weight is 592 g/mol. The monoisotopic (exact) mass is 592 g/mol. The fourth-order valence-electron chi connectivity index (χ4n) is 9.32. The lowest BCUT2D eigenvalue weighted by Gasteiger charge is -2.38. The van der Waals surface area contributed by atoms with E-state index in [1.54, 1.807) is 0 Å². The first kappa shape index (κ1) is 32.5. The molecule has 0 radical (unpaired) electrons.